The Balaban J connectivity index is 1.76. The molecule has 5 nitrogen and oxygen atoms in total. The minimum Gasteiger partial charge on any atom is -0.383 e. The van der Waals surface area contributed by atoms with Crippen molar-refractivity contribution in [2.24, 2.45) is 0 Å². The van der Waals surface area contributed by atoms with Gasteiger partial charge >= 0.3 is 0 Å². The second kappa shape index (κ2) is 5.45. The maximum atomic E-state index is 6.17. The van der Waals surface area contributed by atoms with Gasteiger partial charge in [-0.15, -0.1) is 0 Å². The Bertz CT molecular complexity index is 775. The molecule has 0 spiro atoms. The van der Waals surface area contributed by atoms with Gasteiger partial charge in [0.15, 0.2) is 0 Å². The third-order valence-electron chi connectivity index (χ3n) is 5.40. The Labute approximate surface area is 143 Å². The van der Waals surface area contributed by atoms with Gasteiger partial charge in [0.2, 0.25) is 0 Å². The highest BCUT2D eigenvalue weighted by Gasteiger charge is 2.34. The van der Waals surface area contributed by atoms with Gasteiger partial charge in [-0.1, -0.05) is 19.9 Å². The van der Waals surface area contributed by atoms with Crippen molar-refractivity contribution < 1.29 is 0 Å². The first-order valence-electron chi connectivity index (χ1n) is 8.63. The summed E-state index contributed by atoms with van der Waals surface area (Å²) in [4.78, 5) is 13.6. The van der Waals surface area contributed by atoms with Crippen LogP contribution in [-0.4, -0.2) is 48.1 Å². The minimum absolute atomic E-state index is 0.0472. The van der Waals surface area contributed by atoms with Crippen LogP contribution in [0.25, 0.3) is 11.3 Å². The van der Waals surface area contributed by atoms with E-state index >= 15 is 0 Å². The summed E-state index contributed by atoms with van der Waals surface area (Å²) in [6.45, 7) is 8.88. The van der Waals surface area contributed by atoms with E-state index in [2.05, 4.69) is 58.9 Å². The normalized spacial score (nSPS) is 19.7. The van der Waals surface area contributed by atoms with E-state index in [1.165, 1.54) is 16.8 Å². The van der Waals surface area contributed by atoms with E-state index < -0.39 is 0 Å². The molecule has 1 fully saturated rings. The first-order chi connectivity index (χ1) is 11.5. The molecule has 0 amide bonds. The summed E-state index contributed by atoms with van der Waals surface area (Å²) >= 11 is 0. The molecule has 2 aliphatic rings. The summed E-state index contributed by atoms with van der Waals surface area (Å²) in [6.07, 6.45) is 2.54. The van der Waals surface area contributed by atoms with Gasteiger partial charge in [-0.2, -0.15) is 0 Å². The maximum Gasteiger partial charge on any atom is 0.131 e. The number of fused-ring (bicyclic) bond motifs is 3. The average molecular weight is 323 g/mol. The van der Waals surface area contributed by atoms with Gasteiger partial charge in [0.05, 0.1) is 5.69 Å². The predicted octanol–water partition coefficient (Wildman–Crippen LogP) is 2.31. The number of rotatable bonds is 1. The van der Waals surface area contributed by atoms with Crippen LogP contribution in [0.5, 0.6) is 0 Å². The molecule has 5 heteroatoms. The Morgan fingerprint density at radius 1 is 1.08 bits per heavy atom. The lowest BCUT2D eigenvalue weighted by Gasteiger charge is -2.36. The molecule has 1 aliphatic heterocycles. The second-order valence-electron chi connectivity index (χ2n) is 7.67. The molecule has 0 atom stereocenters. The average Bonchev–Trinajstić information content (AvgIpc) is 2.54. The van der Waals surface area contributed by atoms with E-state index in [0.29, 0.717) is 5.82 Å². The number of benzene rings is 1. The lowest BCUT2D eigenvalue weighted by Crippen LogP contribution is -2.44. The Hall–Kier alpha value is -2.14. The standard InChI is InChI=1S/C19H25N5/c1-19(2)11-13-10-14(24-8-6-23(3)7-9-24)4-5-15(13)17-16(19)18(20)22-12-21-17/h4-5,10,12H,6-9,11H2,1-3H3,(H2,20,21,22). The quantitative estimate of drug-likeness (QED) is 0.873. The van der Waals surface area contributed by atoms with E-state index in [1.54, 1.807) is 6.33 Å². The SMILES string of the molecule is CN1CCN(c2ccc3c(c2)CC(C)(C)c2c(N)ncnc2-3)CC1. The molecule has 2 aromatic rings. The highest BCUT2D eigenvalue weighted by Crippen LogP contribution is 2.44. The van der Waals surface area contributed by atoms with Crippen LogP contribution in [0.1, 0.15) is 25.0 Å². The van der Waals surface area contributed by atoms with Crippen LogP contribution in [0.4, 0.5) is 11.5 Å². The molecule has 0 radical (unpaired) electrons. The molecule has 2 N–H and O–H groups in total. The largest absolute Gasteiger partial charge is 0.383 e. The molecule has 1 saturated heterocycles. The Kier molecular flexibility index (Phi) is 3.49. The molecular weight excluding hydrogens is 298 g/mol. The molecule has 4 rings (SSSR count). The molecule has 1 aliphatic carbocycles. The fourth-order valence-corrected chi connectivity index (χ4v) is 4.05. The van der Waals surface area contributed by atoms with Gasteiger partial charge in [-0.05, 0) is 36.6 Å². The number of nitrogens with two attached hydrogens (primary N) is 1. The number of hydrogen-bond acceptors (Lipinski definition) is 5. The van der Waals surface area contributed by atoms with E-state index in [0.717, 1.165) is 43.9 Å². The van der Waals surface area contributed by atoms with E-state index in [-0.39, 0.29) is 5.41 Å². The Morgan fingerprint density at radius 2 is 1.83 bits per heavy atom. The minimum atomic E-state index is -0.0472. The first-order valence-corrected chi connectivity index (χ1v) is 8.63. The summed E-state index contributed by atoms with van der Waals surface area (Å²) in [5.74, 6) is 0.610. The number of nitrogen functional groups attached to an aromatic ring is 1. The van der Waals surface area contributed by atoms with E-state index in [4.69, 9.17) is 5.73 Å². The molecule has 24 heavy (non-hydrogen) atoms. The van der Waals surface area contributed by atoms with Crippen molar-refractivity contribution in [3.63, 3.8) is 0 Å². The molecule has 0 bridgehead atoms. The van der Waals surface area contributed by atoms with Gasteiger partial charge < -0.3 is 15.5 Å². The molecular formula is C19H25N5. The molecule has 0 unspecified atom stereocenters. The number of piperazine rings is 1. The summed E-state index contributed by atoms with van der Waals surface area (Å²) in [5, 5.41) is 0. The van der Waals surface area contributed by atoms with Crippen molar-refractivity contribution in [3.8, 4) is 11.3 Å². The maximum absolute atomic E-state index is 6.17. The number of anilines is 2. The number of nitrogens with zero attached hydrogens (tertiary/aromatic N) is 4. The fraction of sp³-hybridized carbons (Fsp3) is 0.474. The monoisotopic (exact) mass is 323 g/mol. The van der Waals surface area contributed by atoms with Crippen LogP contribution in [0.15, 0.2) is 24.5 Å². The van der Waals surface area contributed by atoms with Crippen LogP contribution < -0.4 is 10.6 Å². The van der Waals surface area contributed by atoms with E-state index in [1.807, 2.05) is 0 Å². The zero-order valence-corrected chi connectivity index (χ0v) is 14.7. The van der Waals surface area contributed by atoms with Crippen LogP contribution in [-0.2, 0) is 11.8 Å². The van der Waals surface area contributed by atoms with Gasteiger partial charge in [-0.3, -0.25) is 0 Å². The number of likely N-dealkylation sites (N-methyl/N-ethyl adjacent to an activating group) is 1. The summed E-state index contributed by atoms with van der Waals surface area (Å²) in [6, 6.07) is 6.79. The van der Waals surface area contributed by atoms with Gasteiger partial charge in [0, 0.05) is 43.0 Å². The number of hydrogen-bond donors (Lipinski definition) is 1. The van der Waals surface area contributed by atoms with Crippen molar-refractivity contribution >= 4 is 11.5 Å². The van der Waals surface area contributed by atoms with Crippen LogP contribution in [0, 0.1) is 0 Å². The van der Waals surface area contributed by atoms with Gasteiger partial charge in [0.1, 0.15) is 12.1 Å². The first kappa shape index (κ1) is 15.4. The molecule has 0 saturated carbocycles. The van der Waals surface area contributed by atoms with Crippen molar-refractivity contribution in [3.05, 3.63) is 35.7 Å². The second-order valence-corrected chi connectivity index (χ2v) is 7.67. The molecule has 126 valence electrons. The predicted molar refractivity (Wildman–Crippen MR) is 98.3 cm³/mol. The third kappa shape index (κ3) is 2.44. The van der Waals surface area contributed by atoms with Crippen LogP contribution >= 0.6 is 0 Å². The zero-order chi connectivity index (χ0) is 16.9. The lowest BCUT2D eigenvalue weighted by molar-refractivity contribution is 0.313. The van der Waals surface area contributed by atoms with Crippen molar-refractivity contribution in [2.75, 3.05) is 43.9 Å². The van der Waals surface area contributed by atoms with Gasteiger partial charge in [0.25, 0.3) is 0 Å². The number of aromatic nitrogens is 2. The highest BCUT2D eigenvalue weighted by atomic mass is 15.2. The lowest BCUT2D eigenvalue weighted by atomic mass is 9.72. The third-order valence-corrected chi connectivity index (χ3v) is 5.40. The highest BCUT2D eigenvalue weighted by molar-refractivity contribution is 5.77. The fourth-order valence-electron chi connectivity index (χ4n) is 4.05. The Morgan fingerprint density at radius 3 is 2.58 bits per heavy atom. The zero-order valence-electron chi connectivity index (χ0n) is 14.7. The van der Waals surface area contributed by atoms with Gasteiger partial charge in [-0.25, -0.2) is 9.97 Å². The smallest absolute Gasteiger partial charge is 0.131 e. The summed E-state index contributed by atoms with van der Waals surface area (Å²) < 4.78 is 0. The molecule has 1 aromatic carbocycles. The van der Waals surface area contributed by atoms with E-state index in [9.17, 15) is 0 Å². The van der Waals surface area contributed by atoms with Crippen LogP contribution in [0.3, 0.4) is 0 Å². The van der Waals surface area contributed by atoms with Crippen molar-refractivity contribution in [1.82, 2.24) is 14.9 Å². The molecule has 1 aromatic heterocycles. The summed E-state index contributed by atoms with van der Waals surface area (Å²) in [7, 11) is 2.19. The van der Waals surface area contributed by atoms with Crippen molar-refractivity contribution in [1.29, 1.82) is 0 Å². The van der Waals surface area contributed by atoms with Crippen LogP contribution in [0.2, 0.25) is 0 Å². The summed E-state index contributed by atoms with van der Waals surface area (Å²) in [5.41, 5.74) is 12.1. The molecule has 2 heterocycles. The topological polar surface area (TPSA) is 58.3 Å². The van der Waals surface area contributed by atoms with Crippen molar-refractivity contribution in [2.45, 2.75) is 25.7 Å².